The molecule has 5 heteroatoms. The van der Waals surface area contributed by atoms with Crippen LogP contribution in [0.4, 0.5) is 0 Å². The minimum Gasteiger partial charge on any atom is -0.481 e. The summed E-state index contributed by atoms with van der Waals surface area (Å²) in [6.45, 7) is 2.07. The number of allylic oxidation sites excluding steroid dienone is 3. The van der Waals surface area contributed by atoms with Crippen molar-refractivity contribution in [2.45, 2.75) is 70.2 Å². The SMILES string of the molecule is CC/C=C\CC(O)/C=C/C1C(C/C=C\CCCC(=O)O)[C@@H]2C[C@H]1OO2. The minimum atomic E-state index is -0.746. The maximum absolute atomic E-state index is 10.5. The van der Waals surface area contributed by atoms with Crippen molar-refractivity contribution in [1.29, 1.82) is 0 Å². The molecule has 5 atom stereocenters. The standard InChI is InChI=1S/C20H30O5/c1-2-3-6-9-15(21)12-13-17-16(18-14-19(17)25-24-18)10-7-4-5-8-11-20(22)23/h3-4,6-7,12-13,15-19,21H,2,5,8-11,14H2,1H3,(H,22,23)/b6-3-,7-4-,13-12+/t15?,16?,17?,18-,19+/m0/s1. The Bertz CT molecular complexity index is 496. The van der Waals surface area contributed by atoms with Gasteiger partial charge in [-0.15, -0.1) is 0 Å². The van der Waals surface area contributed by atoms with Gasteiger partial charge in [0.25, 0.3) is 0 Å². The second-order valence-corrected chi connectivity index (χ2v) is 6.81. The van der Waals surface area contributed by atoms with Crippen LogP contribution in [-0.2, 0) is 14.6 Å². The summed E-state index contributed by atoms with van der Waals surface area (Å²) in [7, 11) is 0. The molecule has 2 bridgehead atoms. The van der Waals surface area contributed by atoms with Crippen LogP contribution >= 0.6 is 0 Å². The number of carboxylic acid groups (broad SMARTS) is 1. The summed E-state index contributed by atoms with van der Waals surface area (Å²) in [5.74, 6) is -0.138. The average molecular weight is 350 g/mol. The quantitative estimate of drug-likeness (QED) is 0.337. The number of aliphatic carboxylic acids is 1. The molecule has 2 fully saturated rings. The molecule has 0 radical (unpaired) electrons. The zero-order chi connectivity index (χ0) is 18.1. The molecule has 0 amide bonds. The summed E-state index contributed by atoms with van der Waals surface area (Å²) < 4.78 is 0. The van der Waals surface area contributed by atoms with E-state index < -0.39 is 12.1 Å². The van der Waals surface area contributed by atoms with Gasteiger partial charge in [-0.25, -0.2) is 9.78 Å². The largest absolute Gasteiger partial charge is 0.481 e. The van der Waals surface area contributed by atoms with Gasteiger partial charge in [0.05, 0.1) is 12.2 Å². The van der Waals surface area contributed by atoms with Crippen LogP contribution in [-0.4, -0.2) is 34.5 Å². The van der Waals surface area contributed by atoms with Gasteiger partial charge >= 0.3 is 5.97 Å². The molecule has 2 aliphatic rings. The van der Waals surface area contributed by atoms with Crippen molar-refractivity contribution in [2.75, 3.05) is 0 Å². The first-order chi connectivity index (χ1) is 12.1. The molecule has 5 nitrogen and oxygen atoms in total. The summed E-state index contributed by atoms with van der Waals surface area (Å²) in [5.41, 5.74) is 0. The predicted molar refractivity (Wildman–Crippen MR) is 95.8 cm³/mol. The lowest BCUT2D eigenvalue weighted by Crippen LogP contribution is -2.28. The maximum atomic E-state index is 10.5. The van der Waals surface area contributed by atoms with Gasteiger partial charge in [-0.1, -0.05) is 43.4 Å². The van der Waals surface area contributed by atoms with Crippen molar-refractivity contribution in [3.63, 3.8) is 0 Å². The highest BCUT2D eigenvalue weighted by atomic mass is 17.2. The summed E-state index contributed by atoms with van der Waals surface area (Å²) in [5, 5.41) is 18.7. The highest BCUT2D eigenvalue weighted by Crippen LogP contribution is 2.44. The molecule has 1 aliphatic heterocycles. The topological polar surface area (TPSA) is 76.0 Å². The maximum Gasteiger partial charge on any atom is 0.303 e. The first-order valence-corrected chi connectivity index (χ1v) is 9.32. The van der Waals surface area contributed by atoms with Gasteiger partial charge < -0.3 is 10.2 Å². The Labute approximate surface area is 149 Å². The Morgan fingerprint density at radius 1 is 1.20 bits per heavy atom. The smallest absolute Gasteiger partial charge is 0.303 e. The molecular formula is C20H30O5. The van der Waals surface area contributed by atoms with E-state index in [1.165, 1.54) is 0 Å². The highest BCUT2D eigenvalue weighted by Gasteiger charge is 2.49. The normalized spacial score (nSPS) is 30.2. The Hall–Kier alpha value is -1.43. The van der Waals surface area contributed by atoms with Crippen molar-refractivity contribution < 1.29 is 24.8 Å². The van der Waals surface area contributed by atoms with Crippen LogP contribution in [0.5, 0.6) is 0 Å². The number of aliphatic hydroxyl groups excluding tert-OH is 1. The fourth-order valence-corrected chi connectivity index (χ4v) is 3.50. The van der Waals surface area contributed by atoms with Gasteiger partial charge in [0.15, 0.2) is 0 Å². The van der Waals surface area contributed by atoms with Gasteiger partial charge in [-0.3, -0.25) is 4.79 Å². The molecule has 0 spiro atoms. The molecule has 140 valence electrons. The molecule has 2 rings (SSSR count). The van der Waals surface area contributed by atoms with E-state index in [4.69, 9.17) is 14.9 Å². The van der Waals surface area contributed by atoms with Crippen LogP contribution < -0.4 is 0 Å². The van der Waals surface area contributed by atoms with Crippen molar-refractivity contribution >= 4 is 5.97 Å². The van der Waals surface area contributed by atoms with E-state index in [2.05, 4.69) is 31.2 Å². The summed E-state index contributed by atoms with van der Waals surface area (Å²) in [4.78, 5) is 21.2. The summed E-state index contributed by atoms with van der Waals surface area (Å²) in [6.07, 6.45) is 17.0. The molecule has 1 saturated carbocycles. The Morgan fingerprint density at radius 3 is 2.76 bits per heavy atom. The van der Waals surface area contributed by atoms with E-state index in [1.54, 1.807) is 0 Å². The van der Waals surface area contributed by atoms with E-state index in [0.29, 0.717) is 18.8 Å². The lowest BCUT2D eigenvalue weighted by atomic mass is 9.89. The molecule has 0 aromatic carbocycles. The van der Waals surface area contributed by atoms with E-state index in [-0.39, 0.29) is 24.5 Å². The van der Waals surface area contributed by atoms with Gasteiger partial charge in [0.1, 0.15) is 6.10 Å². The molecule has 2 N–H and O–H groups in total. The van der Waals surface area contributed by atoms with Crippen molar-refractivity contribution in [3.8, 4) is 0 Å². The number of fused-ring (bicyclic) bond motifs is 2. The summed E-state index contributed by atoms with van der Waals surface area (Å²) >= 11 is 0. The van der Waals surface area contributed by atoms with Crippen LogP contribution in [0.15, 0.2) is 36.5 Å². The summed E-state index contributed by atoms with van der Waals surface area (Å²) in [6, 6.07) is 0. The van der Waals surface area contributed by atoms with Crippen LogP contribution in [0.1, 0.15) is 51.9 Å². The fourth-order valence-electron chi connectivity index (χ4n) is 3.50. The Kier molecular flexibility index (Phi) is 8.38. The third kappa shape index (κ3) is 6.42. The number of hydrogen-bond acceptors (Lipinski definition) is 4. The van der Waals surface area contributed by atoms with E-state index in [9.17, 15) is 9.90 Å². The van der Waals surface area contributed by atoms with Crippen LogP contribution in [0.2, 0.25) is 0 Å². The second-order valence-electron chi connectivity index (χ2n) is 6.81. The number of hydrogen-bond donors (Lipinski definition) is 2. The van der Waals surface area contributed by atoms with Gasteiger partial charge in [0.2, 0.25) is 0 Å². The number of carbonyl (C=O) groups is 1. The fraction of sp³-hybridized carbons (Fsp3) is 0.650. The van der Waals surface area contributed by atoms with Crippen molar-refractivity contribution in [3.05, 3.63) is 36.5 Å². The van der Waals surface area contributed by atoms with Crippen molar-refractivity contribution in [2.24, 2.45) is 11.8 Å². The van der Waals surface area contributed by atoms with E-state index in [0.717, 1.165) is 25.7 Å². The van der Waals surface area contributed by atoms with Crippen molar-refractivity contribution in [1.82, 2.24) is 0 Å². The minimum absolute atomic E-state index is 0.0741. The highest BCUT2D eigenvalue weighted by molar-refractivity contribution is 5.66. The molecule has 1 saturated heterocycles. The molecule has 1 heterocycles. The number of aliphatic hydroxyl groups is 1. The number of carboxylic acids is 1. The Morgan fingerprint density at radius 2 is 2.00 bits per heavy atom. The second kappa shape index (κ2) is 10.5. The molecule has 25 heavy (non-hydrogen) atoms. The Balaban J connectivity index is 1.81. The molecular weight excluding hydrogens is 320 g/mol. The van der Waals surface area contributed by atoms with Crippen LogP contribution in [0, 0.1) is 11.8 Å². The predicted octanol–water partition coefficient (Wildman–Crippen LogP) is 3.80. The number of rotatable bonds is 11. The third-order valence-corrected chi connectivity index (χ3v) is 4.84. The zero-order valence-electron chi connectivity index (χ0n) is 14.9. The van der Waals surface area contributed by atoms with E-state index in [1.807, 2.05) is 12.2 Å². The van der Waals surface area contributed by atoms with Gasteiger partial charge in [-0.05, 0) is 32.1 Å². The van der Waals surface area contributed by atoms with E-state index >= 15 is 0 Å². The van der Waals surface area contributed by atoms with Crippen LogP contribution in [0.25, 0.3) is 0 Å². The first-order valence-electron chi connectivity index (χ1n) is 9.32. The zero-order valence-corrected chi connectivity index (χ0v) is 14.9. The third-order valence-electron chi connectivity index (χ3n) is 4.84. The number of unbranched alkanes of at least 4 members (excludes halogenated alkanes) is 1. The monoisotopic (exact) mass is 350 g/mol. The first kappa shape index (κ1) is 19.9. The average Bonchev–Trinajstić information content (AvgIpc) is 3.17. The van der Waals surface area contributed by atoms with Crippen LogP contribution in [0.3, 0.4) is 0 Å². The lowest BCUT2D eigenvalue weighted by Gasteiger charge is -2.27. The van der Waals surface area contributed by atoms with Gasteiger partial charge in [-0.2, -0.15) is 0 Å². The molecule has 0 aromatic rings. The lowest BCUT2D eigenvalue weighted by molar-refractivity contribution is -0.336. The molecule has 0 aromatic heterocycles. The molecule has 3 unspecified atom stereocenters. The van der Waals surface area contributed by atoms with Gasteiger partial charge in [0, 0.05) is 24.7 Å². The molecule has 1 aliphatic carbocycles.